The van der Waals surface area contributed by atoms with E-state index in [-0.39, 0.29) is 11.1 Å². The molecule has 0 aliphatic heterocycles. The van der Waals surface area contributed by atoms with Gasteiger partial charge in [-0.2, -0.15) is 5.10 Å². The highest BCUT2D eigenvalue weighted by Gasteiger charge is 2.37. The van der Waals surface area contributed by atoms with E-state index in [2.05, 4.69) is 24.3 Å². The Morgan fingerprint density at radius 1 is 1.38 bits per heavy atom. The molecule has 0 unspecified atom stereocenters. The standard InChI is InChI=1S/C14H24N4O3/c1-10-11(18(20)21)12(17(4)16-10)15-9-14(19)7-5-13(2,3)6-8-14/h15,19H,5-9H2,1-4H3. The number of aryl methyl sites for hydroxylation is 2. The maximum Gasteiger partial charge on any atom is 0.333 e. The van der Waals surface area contributed by atoms with Crippen molar-refractivity contribution in [3.05, 3.63) is 15.8 Å². The van der Waals surface area contributed by atoms with Crippen LogP contribution in [-0.4, -0.2) is 32.0 Å². The summed E-state index contributed by atoms with van der Waals surface area (Å²) >= 11 is 0. The van der Waals surface area contributed by atoms with Crippen LogP contribution < -0.4 is 5.32 Å². The lowest BCUT2D eigenvalue weighted by atomic mass is 9.71. The monoisotopic (exact) mass is 296 g/mol. The SMILES string of the molecule is Cc1nn(C)c(NCC2(O)CCC(C)(C)CC2)c1[N+](=O)[O-]. The topological polar surface area (TPSA) is 93.2 Å². The minimum atomic E-state index is -0.804. The van der Waals surface area contributed by atoms with Crippen LogP contribution >= 0.6 is 0 Å². The Bertz CT molecular complexity index is 541. The van der Waals surface area contributed by atoms with Crippen molar-refractivity contribution < 1.29 is 10.0 Å². The van der Waals surface area contributed by atoms with Gasteiger partial charge in [-0.1, -0.05) is 13.8 Å². The summed E-state index contributed by atoms with van der Waals surface area (Å²) in [5.41, 5.74) is -0.179. The Balaban J connectivity index is 2.09. The minimum Gasteiger partial charge on any atom is -0.388 e. The predicted molar refractivity (Wildman–Crippen MR) is 80.3 cm³/mol. The van der Waals surface area contributed by atoms with Crippen LogP contribution in [0.2, 0.25) is 0 Å². The van der Waals surface area contributed by atoms with Crippen LogP contribution in [0.1, 0.15) is 45.2 Å². The van der Waals surface area contributed by atoms with Gasteiger partial charge in [-0.25, -0.2) is 4.68 Å². The zero-order chi connectivity index (χ0) is 15.8. The van der Waals surface area contributed by atoms with E-state index in [4.69, 9.17) is 0 Å². The first-order valence-electron chi connectivity index (χ1n) is 7.28. The van der Waals surface area contributed by atoms with Crippen molar-refractivity contribution in [2.75, 3.05) is 11.9 Å². The van der Waals surface area contributed by atoms with Crippen LogP contribution in [0, 0.1) is 22.5 Å². The molecule has 2 N–H and O–H groups in total. The molecule has 2 rings (SSSR count). The maximum atomic E-state index is 11.1. The fourth-order valence-electron chi connectivity index (χ4n) is 2.88. The van der Waals surface area contributed by atoms with Gasteiger partial charge in [0.2, 0.25) is 5.82 Å². The van der Waals surface area contributed by atoms with Crippen molar-refractivity contribution in [1.29, 1.82) is 0 Å². The van der Waals surface area contributed by atoms with E-state index in [1.165, 1.54) is 4.68 Å². The Kier molecular flexibility index (Phi) is 3.97. The first-order valence-corrected chi connectivity index (χ1v) is 7.28. The summed E-state index contributed by atoms with van der Waals surface area (Å²) < 4.78 is 1.46. The molecule has 1 aromatic heterocycles. The molecule has 1 aliphatic carbocycles. The molecule has 0 amide bonds. The van der Waals surface area contributed by atoms with Crippen LogP contribution in [0.3, 0.4) is 0 Å². The average molecular weight is 296 g/mol. The molecule has 7 nitrogen and oxygen atoms in total. The van der Waals surface area contributed by atoms with E-state index >= 15 is 0 Å². The number of aliphatic hydroxyl groups is 1. The Morgan fingerprint density at radius 2 is 1.95 bits per heavy atom. The molecule has 0 aromatic carbocycles. The van der Waals surface area contributed by atoms with Gasteiger partial charge in [0, 0.05) is 13.6 Å². The first-order chi connectivity index (χ1) is 9.64. The van der Waals surface area contributed by atoms with Crippen LogP contribution in [0.5, 0.6) is 0 Å². The molecule has 1 aromatic rings. The molecule has 0 bridgehead atoms. The average Bonchev–Trinajstić information content (AvgIpc) is 2.66. The number of nitro groups is 1. The molecule has 0 atom stereocenters. The summed E-state index contributed by atoms with van der Waals surface area (Å²) in [6, 6.07) is 0. The number of aromatic nitrogens is 2. The number of nitrogens with one attached hydrogen (secondary N) is 1. The molecular weight excluding hydrogens is 272 g/mol. The molecule has 1 aliphatic rings. The van der Waals surface area contributed by atoms with Crippen molar-refractivity contribution in [2.24, 2.45) is 12.5 Å². The molecule has 1 fully saturated rings. The van der Waals surface area contributed by atoms with Gasteiger partial charge in [-0.3, -0.25) is 10.1 Å². The molecule has 1 heterocycles. The summed E-state index contributed by atoms with van der Waals surface area (Å²) in [4.78, 5) is 10.7. The van der Waals surface area contributed by atoms with Gasteiger partial charge in [-0.05, 0) is 38.0 Å². The molecule has 118 valence electrons. The first kappa shape index (κ1) is 15.8. The fraction of sp³-hybridized carbons (Fsp3) is 0.786. The summed E-state index contributed by atoms with van der Waals surface area (Å²) in [5, 5.41) is 28.9. The van der Waals surface area contributed by atoms with Crippen molar-refractivity contribution in [2.45, 2.75) is 52.1 Å². The third kappa shape index (κ3) is 3.34. The third-order valence-corrected chi connectivity index (χ3v) is 4.49. The van der Waals surface area contributed by atoms with Crippen molar-refractivity contribution in [1.82, 2.24) is 9.78 Å². The van der Waals surface area contributed by atoms with Gasteiger partial charge in [0.1, 0.15) is 5.69 Å². The molecular formula is C14H24N4O3. The smallest absolute Gasteiger partial charge is 0.333 e. The van der Waals surface area contributed by atoms with Gasteiger partial charge >= 0.3 is 5.69 Å². The van der Waals surface area contributed by atoms with Crippen molar-refractivity contribution >= 4 is 11.5 Å². The zero-order valence-corrected chi connectivity index (χ0v) is 13.1. The molecule has 7 heteroatoms. The molecule has 1 saturated carbocycles. The second kappa shape index (κ2) is 5.29. The minimum absolute atomic E-state index is 0.0164. The highest BCUT2D eigenvalue weighted by molar-refractivity contribution is 5.59. The fourth-order valence-corrected chi connectivity index (χ4v) is 2.88. The third-order valence-electron chi connectivity index (χ3n) is 4.49. The quantitative estimate of drug-likeness (QED) is 0.657. The second-order valence-electron chi connectivity index (χ2n) is 6.91. The highest BCUT2D eigenvalue weighted by atomic mass is 16.6. The van der Waals surface area contributed by atoms with Gasteiger partial charge in [0.05, 0.1) is 10.5 Å². The van der Waals surface area contributed by atoms with Crippen LogP contribution in [-0.2, 0) is 7.05 Å². The van der Waals surface area contributed by atoms with Crippen LogP contribution in [0.4, 0.5) is 11.5 Å². The van der Waals surface area contributed by atoms with Crippen LogP contribution in [0.25, 0.3) is 0 Å². The Hall–Kier alpha value is -1.63. The number of anilines is 1. The van der Waals surface area contributed by atoms with Crippen molar-refractivity contribution in [3.8, 4) is 0 Å². The van der Waals surface area contributed by atoms with E-state index < -0.39 is 10.5 Å². The summed E-state index contributed by atoms with van der Waals surface area (Å²) in [6.07, 6.45) is 3.32. The summed E-state index contributed by atoms with van der Waals surface area (Å²) in [7, 11) is 1.66. The molecule has 0 radical (unpaired) electrons. The van der Waals surface area contributed by atoms with E-state index in [1.54, 1.807) is 14.0 Å². The summed E-state index contributed by atoms with van der Waals surface area (Å²) in [5.74, 6) is 0.357. The molecule has 0 saturated heterocycles. The number of hydrogen-bond acceptors (Lipinski definition) is 5. The van der Waals surface area contributed by atoms with Crippen LogP contribution in [0.15, 0.2) is 0 Å². The second-order valence-corrected chi connectivity index (χ2v) is 6.91. The summed E-state index contributed by atoms with van der Waals surface area (Å²) in [6.45, 7) is 6.33. The lowest BCUT2D eigenvalue weighted by molar-refractivity contribution is -0.384. The van der Waals surface area contributed by atoms with Gasteiger partial charge in [0.15, 0.2) is 0 Å². The van der Waals surface area contributed by atoms with E-state index in [0.717, 1.165) is 12.8 Å². The maximum absolute atomic E-state index is 11.1. The Labute approximate surface area is 124 Å². The normalized spacial score (nSPS) is 20.2. The molecule has 21 heavy (non-hydrogen) atoms. The predicted octanol–water partition coefficient (Wildman–Crippen LogP) is 2.38. The number of nitrogens with zero attached hydrogens (tertiary/aromatic N) is 3. The largest absolute Gasteiger partial charge is 0.388 e. The lowest BCUT2D eigenvalue weighted by Gasteiger charge is -2.40. The zero-order valence-electron chi connectivity index (χ0n) is 13.1. The number of hydrogen-bond donors (Lipinski definition) is 2. The molecule has 0 spiro atoms. The van der Waals surface area contributed by atoms with E-state index in [0.29, 0.717) is 30.9 Å². The highest BCUT2D eigenvalue weighted by Crippen LogP contribution is 2.40. The Morgan fingerprint density at radius 3 is 2.48 bits per heavy atom. The lowest BCUT2D eigenvalue weighted by Crippen LogP contribution is -2.42. The van der Waals surface area contributed by atoms with Gasteiger partial charge < -0.3 is 10.4 Å². The number of rotatable bonds is 4. The van der Waals surface area contributed by atoms with E-state index in [1.807, 2.05) is 0 Å². The van der Waals surface area contributed by atoms with Crippen molar-refractivity contribution in [3.63, 3.8) is 0 Å². The van der Waals surface area contributed by atoms with Gasteiger partial charge in [-0.15, -0.1) is 0 Å². The van der Waals surface area contributed by atoms with E-state index in [9.17, 15) is 15.2 Å². The van der Waals surface area contributed by atoms with Gasteiger partial charge in [0.25, 0.3) is 0 Å².